The van der Waals surface area contributed by atoms with Crippen LogP contribution in [-0.4, -0.2) is 21.1 Å². The Bertz CT molecular complexity index is 713. The predicted molar refractivity (Wildman–Crippen MR) is 73.6 cm³/mol. The molecule has 19 heavy (non-hydrogen) atoms. The fourth-order valence-corrected chi connectivity index (χ4v) is 2.16. The summed E-state index contributed by atoms with van der Waals surface area (Å²) in [5.41, 5.74) is 3.13. The smallest absolute Gasteiger partial charge is 0.121 e. The normalized spacial score (nSPS) is 10.7. The molecule has 0 atom stereocenters. The van der Waals surface area contributed by atoms with Gasteiger partial charge in [0.15, 0.2) is 0 Å². The second-order valence-corrected chi connectivity index (χ2v) is 4.32. The standard InChI is InChI=1S/C15H13N3O/c19-9-3-8-18-11-12(10-17-18)13-6-7-16-15-5-2-1-4-14(13)15/h1-2,4-7,9-11H,3,8H2. The third-order valence-corrected chi connectivity index (χ3v) is 3.07. The molecule has 0 unspecified atom stereocenters. The molecule has 0 aliphatic heterocycles. The van der Waals surface area contributed by atoms with Crippen molar-refractivity contribution in [1.82, 2.24) is 14.8 Å². The second kappa shape index (κ2) is 5.02. The van der Waals surface area contributed by atoms with E-state index < -0.39 is 0 Å². The van der Waals surface area contributed by atoms with E-state index in [2.05, 4.69) is 16.1 Å². The van der Waals surface area contributed by atoms with Crippen LogP contribution in [-0.2, 0) is 11.3 Å². The summed E-state index contributed by atoms with van der Waals surface area (Å²) in [5.74, 6) is 0. The first kappa shape index (κ1) is 11.6. The number of carbonyl (C=O) groups excluding carboxylic acids is 1. The first-order chi connectivity index (χ1) is 9.38. The quantitative estimate of drug-likeness (QED) is 0.670. The van der Waals surface area contributed by atoms with Gasteiger partial charge in [0.05, 0.1) is 11.7 Å². The van der Waals surface area contributed by atoms with Gasteiger partial charge >= 0.3 is 0 Å². The van der Waals surface area contributed by atoms with Gasteiger partial charge < -0.3 is 4.79 Å². The summed E-state index contributed by atoms with van der Waals surface area (Å²) in [5, 5.41) is 5.39. The molecule has 0 spiro atoms. The summed E-state index contributed by atoms with van der Waals surface area (Å²) in [6.45, 7) is 0.618. The molecule has 2 aromatic heterocycles. The molecule has 0 bridgehead atoms. The van der Waals surface area contributed by atoms with Crippen LogP contribution in [0.5, 0.6) is 0 Å². The van der Waals surface area contributed by atoms with Crippen LogP contribution in [0.1, 0.15) is 6.42 Å². The van der Waals surface area contributed by atoms with Crippen molar-refractivity contribution >= 4 is 17.2 Å². The average molecular weight is 251 g/mol. The minimum Gasteiger partial charge on any atom is -0.303 e. The number of para-hydroxylation sites is 1. The highest BCUT2D eigenvalue weighted by Crippen LogP contribution is 2.26. The zero-order chi connectivity index (χ0) is 13.1. The number of hydrogen-bond acceptors (Lipinski definition) is 3. The molecule has 0 radical (unpaired) electrons. The Morgan fingerprint density at radius 2 is 2.11 bits per heavy atom. The molecule has 3 rings (SSSR count). The second-order valence-electron chi connectivity index (χ2n) is 4.32. The van der Waals surface area contributed by atoms with Crippen LogP contribution < -0.4 is 0 Å². The Kier molecular flexibility index (Phi) is 3.06. The number of rotatable bonds is 4. The van der Waals surface area contributed by atoms with Crippen molar-refractivity contribution in [1.29, 1.82) is 0 Å². The zero-order valence-electron chi connectivity index (χ0n) is 10.4. The molecule has 3 aromatic rings. The van der Waals surface area contributed by atoms with Crippen LogP contribution in [0.25, 0.3) is 22.0 Å². The summed E-state index contributed by atoms with van der Waals surface area (Å²) < 4.78 is 1.79. The van der Waals surface area contributed by atoms with E-state index in [0.29, 0.717) is 13.0 Å². The van der Waals surface area contributed by atoms with Crippen LogP contribution in [0.3, 0.4) is 0 Å². The highest BCUT2D eigenvalue weighted by molar-refractivity contribution is 5.93. The lowest BCUT2D eigenvalue weighted by Gasteiger charge is -2.03. The van der Waals surface area contributed by atoms with Gasteiger partial charge in [-0.3, -0.25) is 9.67 Å². The fourth-order valence-electron chi connectivity index (χ4n) is 2.16. The van der Waals surface area contributed by atoms with Crippen molar-refractivity contribution in [2.45, 2.75) is 13.0 Å². The molecule has 0 amide bonds. The Morgan fingerprint density at radius 3 is 3.00 bits per heavy atom. The van der Waals surface area contributed by atoms with Crippen LogP contribution in [0.15, 0.2) is 48.9 Å². The third kappa shape index (κ3) is 2.25. The number of nitrogens with zero attached hydrogens (tertiary/aromatic N) is 3. The van der Waals surface area contributed by atoms with E-state index in [4.69, 9.17) is 0 Å². The Hall–Kier alpha value is -2.49. The van der Waals surface area contributed by atoms with E-state index in [1.165, 1.54) is 0 Å². The molecule has 0 fully saturated rings. The Labute approximate surface area is 110 Å². The zero-order valence-corrected chi connectivity index (χ0v) is 10.4. The summed E-state index contributed by atoms with van der Waals surface area (Å²) in [7, 11) is 0. The number of aryl methyl sites for hydroxylation is 1. The van der Waals surface area contributed by atoms with E-state index in [0.717, 1.165) is 28.3 Å². The molecular weight excluding hydrogens is 238 g/mol. The monoisotopic (exact) mass is 251 g/mol. The van der Waals surface area contributed by atoms with Gasteiger partial charge in [-0.25, -0.2) is 0 Å². The third-order valence-electron chi connectivity index (χ3n) is 3.07. The van der Waals surface area contributed by atoms with Crippen molar-refractivity contribution in [2.24, 2.45) is 0 Å². The molecule has 0 aliphatic carbocycles. The number of fused-ring (bicyclic) bond motifs is 1. The molecule has 0 saturated heterocycles. The lowest BCUT2D eigenvalue weighted by atomic mass is 10.0. The van der Waals surface area contributed by atoms with Gasteiger partial charge in [0.25, 0.3) is 0 Å². The van der Waals surface area contributed by atoms with Crippen molar-refractivity contribution < 1.29 is 4.79 Å². The van der Waals surface area contributed by atoms with Crippen molar-refractivity contribution in [3.8, 4) is 11.1 Å². The summed E-state index contributed by atoms with van der Waals surface area (Å²) in [6, 6.07) is 10.0. The van der Waals surface area contributed by atoms with Gasteiger partial charge in [0.2, 0.25) is 0 Å². The van der Waals surface area contributed by atoms with Crippen molar-refractivity contribution in [2.75, 3.05) is 0 Å². The average Bonchev–Trinajstić information content (AvgIpc) is 2.93. The van der Waals surface area contributed by atoms with Gasteiger partial charge in [0, 0.05) is 36.3 Å². The number of benzene rings is 1. The fraction of sp³-hybridized carbons (Fsp3) is 0.133. The first-order valence-electron chi connectivity index (χ1n) is 6.19. The molecular formula is C15H13N3O. The van der Waals surface area contributed by atoms with Crippen LogP contribution >= 0.6 is 0 Å². The lowest BCUT2D eigenvalue weighted by molar-refractivity contribution is -0.108. The largest absolute Gasteiger partial charge is 0.303 e. The van der Waals surface area contributed by atoms with Gasteiger partial charge in [0.1, 0.15) is 6.29 Å². The minimum atomic E-state index is 0.484. The Balaban J connectivity index is 2.04. The highest BCUT2D eigenvalue weighted by atomic mass is 16.1. The van der Waals surface area contributed by atoms with Gasteiger partial charge in [-0.05, 0) is 17.7 Å². The van der Waals surface area contributed by atoms with Crippen molar-refractivity contribution in [3.05, 3.63) is 48.9 Å². The van der Waals surface area contributed by atoms with Gasteiger partial charge in [-0.15, -0.1) is 0 Å². The number of hydrogen-bond donors (Lipinski definition) is 0. The van der Waals surface area contributed by atoms with Crippen LogP contribution in [0, 0.1) is 0 Å². The van der Waals surface area contributed by atoms with Crippen LogP contribution in [0.4, 0.5) is 0 Å². The summed E-state index contributed by atoms with van der Waals surface area (Å²) in [4.78, 5) is 14.7. The maximum Gasteiger partial charge on any atom is 0.121 e. The van der Waals surface area contributed by atoms with Gasteiger partial charge in [-0.2, -0.15) is 5.10 Å². The molecule has 0 aliphatic rings. The SMILES string of the molecule is O=CCCn1cc(-c2ccnc3ccccc23)cn1. The lowest BCUT2D eigenvalue weighted by Crippen LogP contribution is -1.97. The molecule has 2 heterocycles. The van der Waals surface area contributed by atoms with E-state index in [1.807, 2.05) is 36.7 Å². The number of aldehydes is 1. The van der Waals surface area contributed by atoms with E-state index in [1.54, 1.807) is 10.9 Å². The minimum absolute atomic E-state index is 0.484. The maximum absolute atomic E-state index is 10.4. The molecule has 94 valence electrons. The highest BCUT2D eigenvalue weighted by Gasteiger charge is 2.06. The Morgan fingerprint density at radius 1 is 1.21 bits per heavy atom. The predicted octanol–water partition coefficient (Wildman–Crippen LogP) is 2.69. The molecule has 4 nitrogen and oxygen atoms in total. The molecule has 0 N–H and O–H groups in total. The van der Waals surface area contributed by atoms with E-state index in [-0.39, 0.29) is 0 Å². The molecule has 1 aromatic carbocycles. The molecule has 0 saturated carbocycles. The van der Waals surface area contributed by atoms with Crippen LogP contribution in [0.2, 0.25) is 0 Å². The summed E-state index contributed by atoms with van der Waals surface area (Å²) >= 11 is 0. The first-order valence-corrected chi connectivity index (χ1v) is 6.19. The summed E-state index contributed by atoms with van der Waals surface area (Å²) in [6.07, 6.45) is 6.99. The number of pyridine rings is 1. The maximum atomic E-state index is 10.4. The molecule has 4 heteroatoms. The van der Waals surface area contributed by atoms with Gasteiger partial charge in [-0.1, -0.05) is 18.2 Å². The topological polar surface area (TPSA) is 47.8 Å². The number of aromatic nitrogens is 3. The number of carbonyl (C=O) groups is 1. The van der Waals surface area contributed by atoms with Crippen molar-refractivity contribution in [3.63, 3.8) is 0 Å². The van der Waals surface area contributed by atoms with E-state index in [9.17, 15) is 4.79 Å². The van der Waals surface area contributed by atoms with E-state index >= 15 is 0 Å².